The van der Waals surface area contributed by atoms with Crippen LogP contribution in [0.15, 0.2) is 65.1 Å². The summed E-state index contributed by atoms with van der Waals surface area (Å²) in [6, 6.07) is 12.0. The Morgan fingerprint density at radius 2 is 1.65 bits per heavy atom. The molecule has 0 spiro atoms. The van der Waals surface area contributed by atoms with Gasteiger partial charge >= 0.3 is 5.97 Å². The lowest BCUT2D eigenvalue weighted by Gasteiger charge is -2.37. The average Bonchev–Trinajstić information content (AvgIpc) is 3.21. The molecule has 0 aliphatic carbocycles. The fraction of sp³-hybridized carbons (Fsp3) is 0.448. The molecule has 3 rings (SSSR count). The van der Waals surface area contributed by atoms with Crippen LogP contribution in [-0.4, -0.2) is 35.6 Å². The molecule has 1 aliphatic rings. The predicted molar refractivity (Wildman–Crippen MR) is 146 cm³/mol. The summed E-state index contributed by atoms with van der Waals surface area (Å²) >= 11 is 6.13. The van der Waals surface area contributed by atoms with Crippen LogP contribution in [0.1, 0.15) is 64.6 Å². The van der Waals surface area contributed by atoms with Crippen LogP contribution in [-0.2, 0) is 19.6 Å². The number of carbonyl (C=O) groups excluding carboxylic acids is 1. The van der Waals surface area contributed by atoms with Crippen molar-refractivity contribution in [2.75, 3.05) is 0 Å². The van der Waals surface area contributed by atoms with Gasteiger partial charge in [-0.3, -0.25) is 9.59 Å². The number of ketones is 1. The Balaban J connectivity index is 2.20. The van der Waals surface area contributed by atoms with Crippen LogP contribution in [0.2, 0.25) is 5.02 Å². The summed E-state index contributed by atoms with van der Waals surface area (Å²) in [6.45, 7) is 11.4. The van der Waals surface area contributed by atoms with Crippen molar-refractivity contribution in [3.05, 3.63) is 76.3 Å². The number of sulfonamides is 1. The Morgan fingerprint density at radius 3 is 2.16 bits per heavy atom. The number of rotatable bonds is 9. The number of hydrogen-bond acceptors (Lipinski definition) is 4. The standard InChI is InChI=1S/C29H36ClNO5S/c1-18(2)15-21(28(33)34)16-24(32)23-17-26(29(4,5)6)31(27(23)20-11-13-22(30)14-12-20)37(35,36)25-10-8-7-9-19(25)3/h7-14,17-18,21,26-27H,15-16H2,1-6H3,(H,33,34)/t21-,26+,27+/m1/s1. The number of hydrogen-bond donors (Lipinski definition) is 1. The zero-order valence-corrected chi connectivity index (χ0v) is 23.8. The average molecular weight is 546 g/mol. The Bertz CT molecular complexity index is 1290. The number of nitrogens with zero attached hydrogens (tertiary/aromatic N) is 1. The first-order valence-electron chi connectivity index (χ1n) is 12.5. The molecule has 0 radical (unpaired) electrons. The van der Waals surface area contributed by atoms with Crippen molar-refractivity contribution < 1.29 is 23.1 Å². The molecule has 37 heavy (non-hydrogen) atoms. The van der Waals surface area contributed by atoms with Crippen LogP contribution in [0.3, 0.4) is 0 Å². The number of aliphatic carboxylic acids is 1. The van der Waals surface area contributed by atoms with Gasteiger partial charge in [0.2, 0.25) is 10.0 Å². The zero-order chi connectivity index (χ0) is 27.7. The van der Waals surface area contributed by atoms with Crippen LogP contribution in [0, 0.1) is 24.2 Å². The Kier molecular flexibility index (Phi) is 8.72. The normalized spacial score (nSPS) is 19.6. The van der Waals surface area contributed by atoms with Crippen molar-refractivity contribution >= 4 is 33.4 Å². The molecule has 8 heteroatoms. The summed E-state index contributed by atoms with van der Waals surface area (Å²) in [4.78, 5) is 25.9. The maximum atomic E-state index is 14.3. The number of carboxylic acid groups (broad SMARTS) is 1. The summed E-state index contributed by atoms with van der Waals surface area (Å²) in [7, 11) is -4.06. The molecule has 2 aromatic rings. The van der Waals surface area contributed by atoms with Crippen molar-refractivity contribution in [2.45, 2.75) is 71.4 Å². The lowest BCUT2D eigenvalue weighted by molar-refractivity contribution is -0.144. The van der Waals surface area contributed by atoms with E-state index in [9.17, 15) is 23.1 Å². The molecule has 1 N–H and O–H groups in total. The fourth-order valence-corrected chi connectivity index (χ4v) is 7.18. The number of carbonyl (C=O) groups is 2. The topological polar surface area (TPSA) is 91.8 Å². The molecule has 0 saturated carbocycles. The van der Waals surface area contributed by atoms with Crippen molar-refractivity contribution in [2.24, 2.45) is 17.3 Å². The van der Waals surface area contributed by atoms with Gasteiger partial charge in [-0.2, -0.15) is 4.31 Å². The van der Waals surface area contributed by atoms with Gasteiger partial charge in [0.15, 0.2) is 5.78 Å². The molecule has 0 amide bonds. The third kappa shape index (κ3) is 6.33. The van der Waals surface area contributed by atoms with Gasteiger partial charge in [-0.15, -0.1) is 0 Å². The summed E-state index contributed by atoms with van der Waals surface area (Å²) in [5, 5.41) is 10.3. The lowest BCUT2D eigenvalue weighted by atomic mass is 9.86. The Labute approximate surface area is 225 Å². The zero-order valence-electron chi connectivity index (χ0n) is 22.2. The van der Waals surface area contributed by atoms with E-state index in [1.165, 1.54) is 4.31 Å². The van der Waals surface area contributed by atoms with Crippen LogP contribution >= 0.6 is 11.6 Å². The van der Waals surface area contributed by atoms with Crippen molar-refractivity contribution in [3.8, 4) is 0 Å². The number of carboxylic acids is 1. The second-order valence-electron chi connectivity index (χ2n) is 11.3. The Morgan fingerprint density at radius 1 is 1.05 bits per heavy atom. The minimum absolute atomic E-state index is 0.0961. The second kappa shape index (κ2) is 11.1. The molecule has 0 fully saturated rings. The molecule has 2 aromatic carbocycles. The SMILES string of the molecule is Cc1ccccc1S(=O)(=O)N1[C@@H](c2ccc(Cl)cc2)C(C(=O)C[C@@H](CC(C)C)C(=O)O)=C[C@H]1C(C)(C)C. The van der Waals surface area contributed by atoms with Crippen LogP contribution in [0.4, 0.5) is 0 Å². The van der Waals surface area contributed by atoms with E-state index in [1.54, 1.807) is 61.5 Å². The fourth-order valence-electron chi connectivity index (χ4n) is 4.91. The van der Waals surface area contributed by atoms with Gasteiger partial charge in [-0.1, -0.05) is 82.6 Å². The summed E-state index contributed by atoms with van der Waals surface area (Å²) in [6.07, 6.45) is 1.89. The highest BCUT2D eigenvalue weighted by Gasteiger charge is 2.49. The van der Waals surface area contributed by atoms with Crippen molar-refractivity contribution in [1.82, 2.24) is 4.31 Å². The van der Waals surface area contributed by atoms with Crippen molar-refractivity contribution in [3.63, 3.8) is 0 Å². The largest absolute Gasteiger partial charge is 0.481 e. The lowest BCUT2D eigenvalue weighted by Crippen LogP contribution is -2.45. The van der Waals surface area contributed by atoms with E-state index in [1.807, 2.05) is 34.6 Å². The molecule has 1 heterocycles. The Hall–Kier alpha value is -2.48. The molecule has 0 saturated heterocycles. The van der Waals surface area contributed by atoms with E-state index < -0.39 is 39.4 Å². The minimum Gasteiger partial charge on any atom is -0.481 e. The van der Waals surface area contributed by atoms with E-state index in [0.29, 0.717) is 28.1 Å². The van der Waals surface area contributed by atoms with Crippen LogP contribution < -0.4 is 0 Å². The third-order valence-corrected chi connectivity index (χ3v) is 9.00. The molecular formula is C29H36ClNO5S. The number of benzene rings is 2. The van der Waals surface area contributed by atoms with Gasteiger partial charge in [-0.25, -0.2) is 8.42 Å². The van der Waals surface area contributed by atoms with Gasteiger partial charge in [0, 0.05) is 23.1 Å². The first-order chi connectivity index (χ1) is 17.1. The minimum atomic E-state index is -4.06. The maximum absolute atomic E-state index is 14.3. The van der Waals surface area contributed by atoms with E-state index >= 15 is 0 Å². The molecule has 200 valence electrons. The number of aryl methyl sites for hydroxylation is 1. The molecule has 6 nitrogen and oxygen atoms in total. The molecular weight excluding hydrogens is 510 g/mol. The summed E-state index contributed by atoms with van der Waals surface area (Å²) in [5.74, 6) is -2.14. The molecule has 0 unspecified atom stereocenters. The molecule has 0 aromatic heterocycles. The molecule has 0 bridgehead atoms. The van der Waals surface area contributed by atoms with Crippen LogP contribution in [0.5, 0.6) is 0 Å². The van der Waals surface area contributed by atoms with E-state index in [0.717, 1.165) is 0 Å². The van der Waals surface area contributed by atoms with Gasteiger partial charge in [-0.05, 0) is 54.0 Å². The summed E-state index contributed by atoms with van der Waals surface area (Å²) < 4.78 is 30.0. The quantitative estimate of drug-likeness (QED) is 0.391. The molecule has 1 aliphatic heterocycles. The first kappa shape index (κ1) is 29.1. The maximum Gasteiger partial charge on any atom is 0.306 e. The first-order valence-corrected chi connectivity index (χ1v) is 14.3. The highest BCUT2D eigenvalue weighted by atomic mass is 35.5. The van der Waals surface area contributed by atoms with E-state index in [-0.39, 0.29) is 23.0 Å². The highest BCUT2D eigenvalue weighted by molar-refractivity contribution is 7.89. The number of halogens is 1. The summed E-state index contributed by atoms with van der Waals surface area (Å²) in [5.41, 5.74) is 0.956. The van der Waals surface area contributed by atoms with E-state index in [2.05, 4.69) is 0 Å². The van der Waals surface area contributed by atoms with Gasteiger partial charge in [0.1, 0.15) is 0 Å². The monoisotopic (exact) mass is 545 g/mol. The van der Waals surface area contributed by atoms with Crippen LogP contribution in [0.25, 0.3) is 0 Å². The van der Waals surface area contributed by atoms with Crippen molar-refractivity contribution in [1.29, 1.82) is 0 Å². The van der Waals surface area contributed by atoms with Gasteiger partial charge < -0.3 is 5.11 Å². The van der Waals surface area contributed by atoms with E-state index in [4.69, 9.17) is 11.6 Å². The highest BCUT2D eigenvalue weighted by Crippen LogP contribution is 2.47. The molecule has 3 atom stereocenters. The number of Topliss-reactive ketones (excluding diaryl/α,β-unsaturated/α-hetero) is 1. The predicted octanol–water partition coefficient (Wildman–Crippen LogP) is 6.44. The smallest absolute Gasteiger partial charge is 0.306 e. The van der Waals surface area contributed by atoms with Gasteiger partial charge in [0.25, 0.3) is 0 Å². The second-order valence-corrected chi connectivity index (χ2v) is 13.5. The third-order valence-electron chi connectivity index (χ3n) is 6.74. The van der Waals surface area contributed by atoms with Gasteiger partial charge in [0.05, 0.1) is 16.9 Å².